The van der Waals surface area contributed by atoms with Crippen molar-refractivity contribution in [1.82, 2.24) is 10.2 Å². The minimum Gasteiger partial charge on any atom is -0.342 e. The molecular weight excluding hydrogens is 340 g/mol. The summed E-state index contributed by atoms with van der Waals surface area (Å²) in [4.78, 5) is 31.2. The van der Waals surface area contributed by atoms with Gasteiger partial charge in [-0.3, -0.25) is 14.9 Å². The quantitative estimate of drug-likeness (QED) is 0.848. The zero-order valence-corrected chi connectivity index (χ0v) is 15.2. The van der Waals surface area contributed by atoms with Gasteiger partial charge < -0.3 is 10.2 Å². The number of benzene rings is 1. The lowest BCUT2D eigenvalue weighted by atomic mass is 9.92. The third-order valence-corrected chi connectivity index (χ3v) is 4.71. The van der Waals surface area contributed by atoms with Crippen LogP contribution in [-0.2, 0) is 9.59 Å². The van der Waals surface area contributed by atoms with Gasteiger partial charge >= 0.3 is 0 Å². The van der Waals surface area contributed by atoms with Crippen LogP contribution in [0.15, 0.2) is 29.3 Å². The molecule has 6 nitrogen and oxygen atoms in total. The fourth-order valence-electron chi connectivity index (χ4n) is 3.52. The molecule has 0 aromatic heterocycles. The average Bonchev–Trinajstić information content (AvgIpc) is 2.53. The van der Waals surface area contributed by atoms with Gasteiger partial charge in [0.2, 0.25) is 17.8 Å². The number of likely N-dealkylation sites (tertiary alicyclic amines) is 1. The number of hydrogen-bond donors (Lipinski definition) is 2. The van der Waals surface area contributed by atoms with Gasteiger partial charge in [0.15, 0.2) is 0 Å². The Kier molecular flexibility index (Phi) is 5.27. The monoisotopic (exact) mass is 362 g/mol. The van der Waals surface area contributed by atoms with E-state index in [2.05, 4.69) is 34.4 Å². The topological polar surface area (TPSA) is 73.8 Å². The van der Waals surface area contributed by atoms with E-state index in [1.807, 2.05) is 0 Å². The highest BCUT2D eigenvalue weighted by Crippen LogP contribution is 2.22. The van der Waals surface area contributed by atoms with E-state index in [0.717, 1.165) is 19.5 Å². The number of anilines is 1. The Hall–Kier alpha value is -2.08. The second kappa shape index (κ2) is 7.44. The van der Waals surface area contributed by atoms with E-state index in [-0.39, 0.29) is 18.2 Å². The first-order chi connectivity index (χ1) is 11.9. The number of rotatable bonds is 2. The van der Waals surface area contributed by atoms with Crippen molar-refractivity contribution in [2.24, 2.45) is 16.8 Å². The highest BCUT2D eigenvalue weighted by molar-refractivity contribution is 6.30. The standard InChI is InChI=1S/C18H23ClN4O2/c1-11-6-12(2)10-23(9-11)18-21-15(8-16(24)22-18)17(25)20-14-5-3-4-13(19)7-14/h3-5,7,11-12,15H,6,8-10H2,1-2H3,(H,20,25)(H,21,22,24)/t11-,12-,15+/m0/s1. The first kappa shape index (κ1) is 17.7. The number of halogens is 1. The molecule has 3 rings (SSSR count). The van der Waals surface area contributed by atoms with Gasteiger partial charge in [-0.15, -0.1) is 0 Å². The maximum Gasteiger partial charge on any atom is 0.249 e. The number of aliphatic imine (C=N–C) groups is 1. The van der Waals surface area contributed by atoms with E-state index in [9.17, 15) is 9.59 Å². The van der Waals surface area contributed by atoms with Gasteiger partial charge in [0, 0.05) is 23.8 Å². The van der Waals surface area contributed by atoms with Gasteiger partial charge in [-0.25, -0.2) is 4.99 Å². The van der Waals surface area contributed by atoms with Gasteiger partial charge in [-0.1, -0.05) is 31.5 Å². The van der Waals surface area contributed by atoms with Gasteiger partial charge in [-0.2, -0.15) is 0 Å². The van der Waals surface area contributed by atoms with Gasteiger partial charge in [0.05, 0.1) is 6.42 Å². The number of nitrogens with zero attached hydrogens (tertiary/aromatic N) is 2. The summed E-state index contributed by atoms with van der Waals surface area (Å²) in [5.74, 6) is 1.10. The summed E-state index contributed by atoms with van der Waals surface area (Å²) in [6, 6.07) is 6.19. The molecule has 0 spiro atoms. The highest BCUT2D eigenvalue weighted by atomic mass is 35.5. The minimum absolute atomic E-state index is 0.0504. The number of amides is 2. The van der Waals surface area contributed by atoms with E-state index in [1.165, 1.54) is 0 Å². The number of piperidine rings is 1. The molecule has 134 valence electrons. The van der Waals surface area contributed by atoms with Crippen molar-refractivity contribution < 1.29 is 9.59 Å². The Labute approximate surface area is 152 Å². The largest absolute Gasteiger partial charge is 0.342 e. The molecule has 0 aliphatic carbocycles. The molecule has 1 fully saturated rings. The van der Waals surface area contributed by atoms with Crippen LogP contribution >= 0.6 is 11.6 Å². The summed E-state index contributed by atoms with van der Waals surface area (Å²) in [7, 11) is 0. The Morgan fingerprint density at radius 3 is 2.72 bits per heavy atom. The first-order valence-electron chi connectivity index (χ1n) is 8.59. The van der Waals surface area contributed by atoms with Crippen molar-refractivity contribution in [3.05, 3.63) is 29.3 Å². The lowest BCUT2D eigenvalue weighted by molar-refractivity contribution is -0.125. The number of guanidine groups is 1. The smallest absolute Gasteiger partial charge is 0.249 e. The van der Waals surface area contributed by atoms with Gasteiger partial charge in [0.1, 0.15) is 6.04 Å². The molecule has 2 amide bonds. The van der Waals surface area contributed by atoms with Crippen LogP contribution in [0.4, 0.5) is 5.69 Å². The Morgan fingerprint density at radius 2 is 2.04 bits per heavy atom. The third-order valence-electron chi connectivity index (χ3n) is 4.47. The minimum atomic E-state index is -0.727. The van der Waals surface area contributed by atoms with Crippen molar-refractivity contribution in [3.63, 3.8) is 0 Å². The molecule has 2 N–H and O–H groups in total. The maximum absolute atomic E-state index is 12.5. The average molecular weight is 363 g/mol. The molecule has 0 bridgehead atoms. The molecule has 1 aromatic carbocycles. The Balaban J connectivity index is 1.74. The van der Waals surface area contributed by atoms with Crippen LogP contribution in [0.3, 0.4) is 0 Å². The molecule has 0 radical (unpaired) electrons. The predicted octanol–water partition coefficient (Wildman–Crippen LogP) is 2.50. The number of carbonyl (C=O) groups is 2. The molecule has 2 aliphatic rings. The first-order valence-corrected chi connectivity index (χ1v) is 8.97. The van der Waals surface area contributed by atoms with E-state index < -0.39 is 6.04 Å². The van der Waals surface area contributed by atoms with Crippen molar-refractivity contribution in [3.8, 4) is 0 Å². The second-order valence-electron chi connectivity index (χ2n) is 7.07. The maximum atomic E-state index is 12.5. The third kappa shape index (κ3) is 4.51. The van der Waals surface area contributed by atoms with Crippen LogP contribution in [0, 0.1) is 11.8 Å². The number of carbonyl (C=O) groups excluding carboxylic acids is 2. The van der Waals surface area contributed by atoms with Gasteiger partial charge in [-0.05, 0) is 36.5 Å². The lowest BCUT2D eigenvalue weighted by Gasteiger charge is -2.38. The van der Waals surface area contributed by atoms with Crippen molar-refractivity contribution in [2.45, 2.75) is 32.7 Å². The molecule has 2 aliphatic heterocycles. The zero-order chi connectivity index (χ0) is 18.0. The van der Waals surface area contributed by atoms with Crippen LogP contribution in [0.1, 0.15) is 26.7 Å². The fraction of sp³-hybridized carbons (Fsp3) is 0.500. The lowest BCUT2D eigenvalue weighted by Crippen LogP contribution is -2.54. The summed E-state index contributed by atoms with van der Waals surface area (Å²) >= 11 is 5.94. The van der Waals surface area contributed by atoms with Crippen LogP contribution in [0.5, 0.6) is 0 Å². The van der Waals surface area contributed by atoms with E-state index >= 15 is 0 Å². The summed E-state index contributed by atoms with van der Waals surface area (Å²) in [5, 5.41) is 6.15. The normalized spacial score (nSPS) is 26.7. The van der Waals surface area contributed by atoms with E-state index in [4.69, 9.17) is 11.6 Å². The molecular formula is C18H23ClN4O2. The zero-order valence-electron chi connectivity index (χ0n) is 14.5. The van der Waals surface area contributed by atoms with Crippen LogP contribution in [-0.4, -0.2) is 41.8 Å². The molecule has 7 heteroatoms. The summed E-state index contributed by atoms with van der Waals surface area (Å²) in [6.07, 6.45) is 1.21. The summed E-state index contributed by atoms with van der Waals surface area (Å²) < 4.78 is 0. The number of nitrogens with one attached hydrogen (secondary N) is 2. The molecule has 1 saturated heterocycles. The van der Waals surface area contributed by atoms with Gasteiger partial charge in [0.25, 0.3) is 0 Å². The Morgan fingerprint density at radius 1 is 1.32 bits per heavy atom. The van der Waals surface area contributed by atoms with Crippen LogP contribution in [0.25, 0.3) is 0 Å². The van der Waals surface area contributed by atoms with Crippen molar-refractivity contribution in [2.75, 3.05) is 18.4 Å². The summed E-state index contributed by atoms with van der Waals surface area (Å²) in [5.41, 5.74) is 0.598. The number of hydrogen-bond acceptors (Lipinski definition) is 4. The second-order valence-corrected chi connectivity index (χ2v) is 7.51. The predicted molar refractivity (Wildman–Crippen MR) is 98.6 cm³/mol. The molecule has 2 heterocycles. The van der Waals surface area contributed by atoms with Crippen molar-refractivity contribution in [1.29, 1.82) is 0 Å². The highest BCUT2D eigenvalue weighted by Gasteiger charge is 2.32. The summed E-state index contributed by atoms with van der Waals surface area (Å²) in [6.45, 7) is 6.06. The molecule has 0 unspecified atom stereocenters. The Bertz CT molecular complexity index is 696. The van der Waals surface area contributed by atoms with Crippen LogP contribution < -0.4 is 10.6 Å². The van der Waals surface area contributed by atoms with Crippen LogP contribution in [0.2, 0.25) is 5.02 Å². The van der Waals surface area contributed by atoms with Crippen molar-refractivity contribution >= 4 is 35.1 Å². The molecule has 0 saturated carbocycles. The molecule has 1 aromatic rings. The fourth-order valence-corrected chi connectivity index (χ4v) is 3.71. The van der Waals surface area contributed by atoms with E-state index in [1.54, 1.807) is 24.3 Å². The molecule has 25 heavy (non-hydrogen) atoms. The van der Waals surface area contributed by atoms with E-state index in [0.29, 0.717) is 28.5 Å². The SMILES string of the molecule is C[C@H]1C[C@H](C)CN(C2=N[C@@H](C(=O)Nc3cccc(Cl)c3)CC(=O)N2)C1. The molecule has 3 atom stereocenters.